The molecule has 4 N–H and O–H groups in total. The van der Waals surface area contributed by atoms with Crippen LogP contribution in [0.25, 0.3) is 0 Å². The van der Waals surface area contributed by atoms with Gasteiger partial charge in [0.2, 0.25) is 0 Å². The Morgan fingerprint density at radius 3 is 2.38 bits per heavy atom. The Balaban J connectivity index is 1.83. The summed E-state index contributed by atoms with van der Waals surface area (Å²) >= 11 is 0. The third kappa shape index (κ3) is 3.90. The Labute approximate surface area is 120 Å². The van der Waals surface area contributed by atoms with Crippen LogP contribution >= 0.6 is 0 Å². The predicted molar refractivity (Wildman–Crippen MR) is 67.3 cm³/mol. The molecule has 1 saturated heterocycles. The van der Waals surface area contributed by atoms with Gasteiger partial charge in [-0.1, -0.05) is 18.2 Å². The second-order valence-corrected chi connectivity index (χ2v) is 4.51. The molecule has 116 valence electrons. The zero-order valence-electron chi connectivity index (χ0n) is 10.9. The molecule has 1 fully saturated rings. The predicted octanol–water partition coefficient (Wildman–Crippen LogP) is -0.998. The van der Waals surface area contributed by atoms with E-state index in [0.29, 0.717) is 0 Å². The first-order valence-electron chi connectivity index (χ1n) is 6.26. The van der Waals surface area contributed by atoms with Gasteiger partial charge in [0.05, 0.1) is 0 Å². The molecule has 0 aliphatic carbocycles. The molecule has 21 heavy (non-hydrogen) atoms. The number of carbonyl (C=O) groups excluding carboxylic acids is 1. The van der Waals surface area contributed by atoms with Crippen LogP contribution < -0.4 is 4.74 Å². The summed E-state index contributed by atoms with van der Waals surface area (Å²) in [5.74, 6) is 0.281. The standard InChI is InChI=1S/C13H16O8/c14-9-8(21-12(17)11(16)10(9)15)6-19-13(18)20-7-4-2-1-3-5-7/h1-5,8-12,14-17H,6H2/t8-,9-,10+,11-,12+/m1/s1. The number of hydrogen-bond acceptors (Lipinski definition) is 8. The van der Waals surface area contributed by atoms with E-state index >= 15 is 0 Å². The molecule has 0 bridgehead atoms. The maximum atomic E-state index is 11.4. The van der Waals surface area contributed by atoms with Gasteiger partial charge in [0.15, 0.2) is 6.29 Å². The van der Waals surface area contributed by atoms with Crippen LogP contribution in [0.5, 0.6) is 5.75 Å². The van der Waals surface area contributed by atoms with Crippen LogP contribution in [0.1, 0.15) is 0 Å². The van der Waals surface area contributed by atoms with Crippen molar-refractivity contribution in [1.82, 2.24) is 0 Å². The molecule has 8 heteroatoms. The molecule has 0 aromatic heterocycles. The maximum Gasteiger partial charge on any atom is 0.513 e. The van der Waals surface area contributed by atoms with Gasteiger partial charge in [0.1, 0.15) is 36.8 Å². The summed E-state index contributed by atoms with van der Waals surface area (Å²) < 4.78 is 14.4. The van der Waals surface area contributed by atoms with E-state index in [4.69, 9.17) is 14.2 Å². The van der Waals surface area contributed by atoms with Gasteiger partial charge in [-0.3, -0.25) is 0 Å². The maximum absolute atomic E-state index is 11.4. The first-order chi connectivity index (χ1) is 9.99. The van der Waals surface area contributed by atoms with Gasteiger partial charge in [-0.15, -0.1) is 0 Å². The Bertz CT molecular complexity index is 464. The van der Waals surface area contributed by atoms with Crippen LogP contribution in [0.3, 0.4) is 0 Å². The lowest BCUT2D eigenvalue weighted by Crippen LogP contribution is -2.58. The van der Waals surface area contributed by atoms with E-state index in [-0.39, 0.29) is 5.75 Å². The normalized spacial score (nSPS) is 32.5. The van der Waals surface area contributed by atoms with Gasteiger partial charge in [-0.05, 0) is 12.1 Å². The minimum absolute atomic E-state index is 0.281. The molecule has 0 unspecified atom stereocenters. The van der Waals surface area contributed by atoms with E-state index in [0.717, 1.165) is 0 Å². The Hall–Kier alpha value is -1.71. The topological polar surface area (TPSA) is 126 Å². The molecular formula is C13H16O8. The smallest absolute Gasteiger partial charge is 0.431 e. The fraction of sp³-hybridized carbons (Fsp3) is 0.462. The van der Waals surface area contributed by atoms with Gasteiger partial charge in [0, 0.05) is 0 Å². The Morgan fingerprint density at radius 1 is 1.05 bits per heavy atom. The quantitative estimate of drug-likeness (QED) is 0.414. The van der Waals surface area contributed by atoms with E-state index in [1.165, 1.54) is 0 Å². The largest absolute Gasteiger partial charge is 0.513 e. The summed E-state index contributed by atoms with van der Waals surface area (Å²) in [5.41, 5.74) is 0. The van der Waals surface area contributed by atoms with Crippen LogP contribution in [0.2, 0.25) is 0 Å². The van der Waals surface area contributed by atoms with Crippen molar-refractivity contribution in [3.05, 3.63) is 30.3 Å². The summed E-state index contributed by atoms with van der Waals surface area (Å²) in [5, 5.41) is 37.7. The fourth-order valence-corrected chi connectivity index (χ4v) is 1.83. The van der Waals surface area contributed by atoms with E-state index in [2.05, 4.69) is 0 Å². The van der Waals surface area contributed by atoms with Crippen LogP contribution in [0.4, 0.5) is 4.79 Å². The molecular weight excluding hydrogens is 284 g/mol. The van der Waals surface area contributed by atoms with Gasteiger partial charge in [-0.2, -0.15) is 0 Å². The lowest BCUT2D eigenvalue weighted by Gasteiger charge is -2.37. The van der Waals surface area contributed by atoms with Crippen molar-refractivity contribution in [3.8, 4) is 5.75 Å². The third-order valence-corrected chi connectivity index (χ3v) is 3.00. The van der Waals surface area contributed by atoms with Gasteiger partial charge < -0.3 is 34.6 Å². The Morgan fingerprint density at radius 2 is 1.71 bits per heavy atom. The molecule has 1 aliphatic heterocycles. The number of ether oxygens (including phenoxy) is 3. The van der Waals surface area contributed by atoms with Crippen molar-refractivity contribution in [2.24, 2.45) is 0 Å². The molecule has 0 amide bonds. The zero-order valence-corrected chi connectivity index (χ0v) is 10.9. The van der Waals surface area contributed by atoms with Crippen LogP contribution in [-0.4, -0.2) is 63.9 Å². The highest BCUT2D eigenvalue weighted by Gasteiger charge is 2.43. The van der Waals surface area contributed by atoms with Gasteiger partial charge >= 0.3 is 6.16 Å². The lowest BCUT2D eigenvalue weighted by molar-refractivity contribution is -0.286. The van der Waals surface area contributed by atoms with Crippen LogP contribution in [-0.2, 0) is 9.47 Å². The SMILES string of the molecule is O=C(OC[C@H]1O[C@H](O)[C@H](O)[C@@H](O)[C@@H]1O)Oc1ccccc1. The first kappa shape index (κ1) is 15.7. The number of rotatable bonds is 3. The minimum atomic E-state index is -1.68. The molecule has 1 aromatic carbocycles. The number of carbonyl (C=O) groups is 1. The van der Waals surface area contributed by atoms with Crippen molar-refractivity contribution in [2.45, 2.75) is 30.7 Å². The van der Waals surface area contributed by atoms with Gasteiger partial charge in [-0.25, -0.2) is 4.79 Å². The van der Waals surface area contributed by atoms with E-state index in [1.807, 2.05) is 0 Å². The minimum Gasteiger partial charge on any atom is -0.431 e. The molecule has 0 spiro atoms. The summed E-state index contributed by atoms with van der Waals surface area (Å²) in [6.07, 6.45) is -8.62. The molecule has 0 radical (unpaired) electrons. The third-order valence-electron chi connectivity index (χ3n) is 3.00. The number of para-hydroxylation sites is 1. The molecule has 5 atom stereocenters. The highest BCUT2D eigenvalue weighted by atomic mass is 16.7. The summed E-state index contributed by atoms with van der Waals surface area (Å²) in [6, 6.07) is 8.20. The number of hydrogen-bond donors (Lipinski definition) is 4. The molecule has 1 heterocycles. The van der Waals surface area contributed by atoms with Crippen molar-refractivity contribution in [2.75, 3.05) is 6.61 Å². The second-order valence-electron chi connectivity index (χ2n) is 4.51. The number of aliphatic hydroxyl groups is 4. The van der Waals surface area contributed by atoms with Crippen molar-refractivity contribution in [1.29, 1.82) is 0 Å². The molecule has 1 aliphatic rings. The average molecular weight is 300 g/mol. The van der Waals surface area contributed by atoms with Crippen LogP contribution in [0.15, 0.2) is 30.3 Å². The summed E-state index contributed by atoms with van der Waals surface area (Å²) in [7, 11) is 0. The number of benzene rings is 1. The zero-order chi connectivity index (χ0) is 15.4. The fourth-order valence-electron chi connectivity index (χ4n) is 1.83. The lowest BCUT2D eigenvalue weighted by atomic mass is 9.99. The molecule has 8 nitrogen and oxygen atoms in total. The molecule has 2 rings (SSSR count). The van der Waals surface area contributed by atoms with E-state index < -0.39 is 43.5 Å². The highest BCUT2D eigenvalue weighted by molar-refractivity contribution is 5.63. The van der Waals surface area contributed by atoms with Crippen molar-refractivity contribution < 1.29 is 39.4 Å². The van der Waals surface area contributed by atoms with E-state index in [1.54, 1.807) is 30.3 Å². The summed E-state index contributed by atoms with van der Waals surface area (Å²) in [4.78, 5) is 11.4. The first-order valence-corrected chi connectivity index (χ1v) is 6.26. The average Bonchev–Trinajstić information content (AvgIpc) is 2.48. The van der Waals surface area contributed by atoms with Crippen molar-refractivity contribution in [3.63, 3.8) is 0 Å². The van der Waals surface area contributed by atoms with E-state index in [9.17, 15) is 25.2 Å². The van der Waals surface area contributed by atoms with Gasteiger partial charge in [0.25, 0.3) is 0 Å². The molecule has 1 aromatic rings. The second kappa shape index (κ2) is 6.83. The summed E-state index contributed by atoms with van der Waals surface area (Å²) in [6.45, 7) is -0.451. The highest BCUT2D eigenvalue weighted by Crippen LogP contribution is 2.20. The number of aliphatic hydroxyl groups excluding tert-OH is 4. The van der Waals surface area contributed by atoms with Crippen molar-refractivity contribution >= 4 is 6.16 Å². The monoisotopic (exact) mass is 300 g/mol. The van der Waals surface area contributed by atoms with Crippen LogP contribution in [0, 0.1) is 0 Å². The molecule has 0 saturated carbocycles. The Kier molecular flexibility index (Phi) is 5.10.